The Kier molecular flexibility index (Phi) is 2.22. The highest BCUT2D eigenvalue weighted by molar-refractivity contribution is 7.18. The average Bonchev–Trinajstić information content (AvgIpc) is 2.82. The monoisotopic (exact) mass is 218 g/mol. The number of para-hydroxylation sites is 1. The first kappa shape index (κ1) is 9.31. The van der Waals surface area contributed by atoms with Gasteiger partial charge in [-0.25, -0.2) is 4.98 Å². The molecule has 3 rings (SSSR count). The minimum atomic E-state index is 0.613. The van der Waals surface area contributed by atoms with Gasteiger partial charge in [-0.05, 0) is 24.6 Å². The fourth-order valence-electron chi connectivity index (χ4n) is 2.19. The first-order valence-electron chi connectivity index (χ1n) is 5.41. The van der Waals surface area contributed by atoms with E-state index in [-0.39, 0.29) is 0 Å². The van der Waals surface area contributed by atoms with Gasteiger partial charge in [0.25, 0.3) is 0 Å². The van der Waals surface area contributed by atoms with Gasteiger partial charge in [0, 0.05) is 12.5 Å². The van der Waals surface area contributed by atoms with Crippen molar-refractivity contribution in [2.75, 3.05) is 13.1 Å². The molecule has 15 heavy (non-hydrogen) atoms. The molecule has 1 aliphatic rings. The minimum Gasteiger partial charge on any atom is -0.316 e. The summed E-state index contributed by atoms with van der Waals surface area (Å²) in [5.41, 5.74) is 1.15. The van der Waals surface area contributed by atoms with Crippen molar-refractivity contribution < 1.29 is 0 Å². The molecule has 1 saturated heterocycles. The molecule has 0 spiro atoms. The normalized spacial score (nSPS) is 26.2. The summed E-state index contributed by atoms with van der Waals surface area (Å²) in [5.74, 6) is 1.33. The molecule has 2 heterocycles. The van der Waals surface area contributed by atoms with E-state index < -0.39 is 0 Å². The summed E-state index contributed by atoms with van der Waals surface area (Å²) >= 11 is 1.85. The largest absolute Gasteiger partial charge is 0.316 e. The molecular weight excluding hydrogens is 204 g/mol. The SMILES string of the molecule is C[C@@H]1CNC[C@H]1c1nc2ccccc2s1. The van der Waals surface area contributed by atoms with E-state index in [9.17, 15) is 0 Å². The third-order valence-electron chi connectivity index (χ3n) is 3.15. The lowest BCUT2D eigenvalue weighted by Gasteiger charge is -2.09. The van der Waals surface area contributed by atoms with Crippen LogP contribution in [-0.4, -0.2) is 18.1 Å². The third kappa shape index (κ3) is 1.56. The van der Waals surface area contributed by atoms with Crippen LogP contribution < -0.4 is 5.32 Å². The number of nitrogens with zero attached hydrogens (tertiary/aromatic N) is 1. The third-order valence-corrected chi connectivity index (χ3v) is 4.31. The Morgan fingerprint density at radius 1 is 1.33 bits per heavy atom. The maximum absolute atomic E-state index is 4.72. The van der Waals surface area contributed by atoms with Crippen LogP contribution in [0, 0.1) is 5.92 Å². The number of thiazole rings is 1. The van der Waals surface area contributed by atoms with Gasteiger partial charge >= 0.3 is 0 Å². The predicted molar refractivity (Wildman–Crippen MR) is 64.4 cm³/mol. The van der Waals surface area contributed by atoms with Crippen LogP contribution in [0.15, 0.2) is 24.3 Å². The average molecular weight is 218 g/mol. The molecule has 0 saturated carbocycles. The zero-order chi connectivity index (χ0) is 10.3. The second-order valence-corrected chi connectivity index (χ2v) is 5.32. The molecule has 0 amide bonds. The van der Waals surface area contributed by atoms with Gasteiger partial charge in [0.05, 0.1) is 15.2 Å². The van der Waals surface area contributed by atoms with Crippen LogP contribution in [0.25, 0.3) is 10.2 Å². The predicted octanol–water partition coefficient (Wildman–Crippen LogP) is 2.62. The number of hydrogen-bond acceptors (Lipinski definition) is 3. The summed E-state index contributed by atoms with van der Waals surface area (Å²) in [6.45, 7) is 4.51. The quantitative estimate of drug-likeness (QED) is 0.796. The topological polar surface area (TPSA) is 24.9 Å². The van der Waals surface area contributed by atoms with Gasteiger partial charge in [0.1, 0.15) is 0 Å². The molecule has 1 fully saturated rings. The van der Waals surface area contributed by atoms with Crippen LogP contribution in [0.3, 0.4) is 0 Å². The zero-order valence-electron chi connectivity index (χ0n) is 8.73. The van der Waals surface area contributed by atoms with Crippen molar-refractivity contribution >= 4 is 21.6 Å². The van der Waals surface area contributed by atoms with Crippen LogP contribution in [0.2, 0.25) is 0 Å². The molecule has 78 valence electrons. The molecule has 0 radical (unpaired) electrons. The number of nitrogens with one attached hydrogen (secondary N) is 1. The van der Waals surface area contributed by atoms with Gasteiger partial charge < -0.3 is 5.32 Å². The Hall–Kier alpha value is -0.930. The zero-order valence-corrected chi connectivity index (χ0v) is 9.55. The molecule has 1 N–H and O–H groups in total. The van der Waals surface area contributed by atoms with Crippen molar-refractivity contribution in [1.82, 2.24) is 10.3 Å². The van der Waals surface area contributed by atoms with Gasteiger partial charge in [-0.2, -0.15) is 0 Å². The number of benzene rings is 1. The Labute approximate surface area is 93.3 Å². The Bertz CT molecular complexity index is 444. The summed E-state index contributed by atoms with van der Waals surface area (Å²) in [6, 6.07) is 8.40. The fourth-order valence-corrected chi connectivity index (χ4v) is 3.39. The van der Waals surface area contributed by atoms with Crippen molar-refractivity contribution in [3.8, 4) is 0 Å². The highest BCUT2D eigenvalue weighted by Gasteiger charge is 2.27. The maximum Gasteiger partial charge on any atom is 0.0985 e. The second-order valence-electron chi connectivity index (χ2n) is 4.26. The van der Waals surface area contributed by atoms with E-state index in [1.165, 1.54) is 9.71 Å². The summed E-state index contributed by atoms with van der Waals surface area (Å²) in [7, 11) is 0. The minimum absolute atomic E-state index is 0.613. The highest BCUT2D eigenvalue weighted by Crippen LogP contribution is 2.33. The molecule has 0 unspecified atom stereocenters. The van der Waals surface area contributed by atoms with E-state index in [1.807, 2.05) is 11.3 Å². The summed E-state index contributed by atoms with van der Waals surface area (Å²) < 4.78 is 1.31. The standard InChI is InChI=1S/C12H14N2S/c1-8-6-13-7-9(8)12-14-10-4-2-3-5-11(10)15-12/h2-5,8-9,13H,6-7H2,1H3/t8-,9-/m1/s1. The van der Waals surface area contributed by atoms with Gasteiger partial charge in [-0.1, -0.05) is 19.1 Å². The van der Waals surface area contributed by atoms with Crippen molar-refractivity contribution in [2.24, 2.45) is 5.92 Å². The van der Waals surface area contributed by atoms with Gasteiger partial charge in [0.2, 0.25) is 0 Å². The summed E-state index contributed by atoms with van der Waals surface area (Å²) in [4.78, 5) is 4.72. The summed E-state index contributed by atoms with van der Waals surface area (Å²) in [6.07, 6.45) is 0. The van der Waals surface area contributed by atoms with E-state index in [4.69, 9.17) is 4.98 Å². The van der Waals surface area contributed by atoms with E-state index in [0.717, 1.165) is 18.6 Å². The Morgan fingerprint density at radius 2 is 2.20 bits per heavy atom. The van der Waals surface area contributed by atoms with Crippen LogP contribution in [0.4, 0.5) is 0 Å². The van der Waals surface area contributed by atoms with Gasteiger partial charge in [-0.15, -0.1) is 11.3 Å². The first-order valence-corrected chi connectivity index (χ1v) is 6.22. The fraction of sp³-hybridized carbons (Fsp3) is 0.417. The van der Waals surface area contributed by atoms with Crippen molar-refractivity contribution in [2.45, 2.75) is 12.8 Å². The maximum atomic E-state index is 4.72. The van der Waals surface area contributed by atoms with E-state index >= 15 is 0 Å². The second kappa shape index (κ2) is 3.58. The molecule has 0 aliphatic carbocycles. The van der Waals surface area contributed by atoms with Crippen LogP contribution in [0.5, 0.6) is 0 Å². The molecule has 1 aromatic heterocycles. The smallest absolute Gasteiger partial charge is 0.0985 e. The molecular formula is C12H14N2S. The molecule has 0 bridgehead atoms. The molecule has 1 aliphatic heterocycles. The van der Waals surface area contributed by atoms with Crippen molar-refractivity contribution in [3.63, 3.8) is 0 Å². The lowest BCUT2D eigenvalue weighted by molar-refractivity contribution is 0.570. The van der Waals surface area contributed by atoms with E-state index in [0.29, 0.717) is 11.8 Å². The lowest BCUT2D eigenvalue weighted by atomic mass is 9.99. The van der Waals surface area contributed by atoms with E-state index in [2.05, 4.69) is 36.5 Å². The van der Waals surface area contributed by atoms with Crippen LogP contribution in [-0.2, 0) is 0 Å². The molecule has 2 aromatic rings. The van der Waals surface area contributed by atoms with Crippen molar-refractivity contribution in [1.29, 1.82) is 0 Å². The Balaban J connectivity index is 2.04. The summed E-state index contributed by atoms with van der Waals surface area (Å²) in [5, 5.41) is 4.73. The highest BCUT2D eigenvalue weighted by atomic mass is 32.1. The van der Waals surface area contributed by atoms with Crippen LogP contribution >= 0.6 is 11.3 Å². The van der Waals surface area contributed by atoms with Crippen LogP contribution in [0.1, 0.15) is 17.8 Å². The molecule has 2 nitrogen and oxygen atoms in total. The molecule has 2 atom stereocenters. The van der Waals surface area contributed by atoms with Crippen molar-refractivity contribution in [3.05, 3.63) is 29.3 Å². The number of rotatable bonds is 1. The molecule has 3 heteroatoms. The van der Waals surface area contributed by atoms with E-state index in [1.54, 1.807) is 0 Å². The number of aromatic nitrogens is 1. The van der Waals surface area contributed by atoms with Gasteiger partial charge in [0.15, 0.2) is 0 Å². The Morgan fingerprint density at radius 3 is 2.93 bits per heavy atom. The molecule has 1 aromatic carbocycles. The first-order chi connectivity index (χ1) is 7.34. The van der Waals surface area contributed by atoms with Gasteiger partial charge in [-0.3, -0.25) is 0 Å². The lowest BCUT2D eigenvalue weighted by Crippen LogP contribution is -2.07. The number of fused-ring (bicyclic) bond motifs is 1. The number of hydrogen-bond donors (Lipinski definition) is 1.